The molecule has 0 bridgehead atoms. The Morgan fingerprint density at radius 3 is 2.50 bits per heavy atom. The lowest BCUT2D eigenvalue weighted by Crippen LogP contribution is -2.23. The molecule has 3 heteroatoms. The van der Waals surface area contributed by atoms with Crippen LogP contribution in [0.4, 0.5) is 5.82 Å². The summed E-state index contributed by atoms with van der Waals surface area (Å²) >= 11 is 0. The van der Waals surface area contributed by atoms with Crippen LogP contribution < -0.4 is 10.6 Å². The van der Waals surface area contributed by atoms with E-state index in [0.717, 1.165) is 42.0 Å². The topological polar surface area (TPSA) is 42.1 Å². The fourth-order valence-corrected chi connectivity index (χ4v) is 2.31. The molecule has 2 atom stereocenters. The van der Waals surface area contributed by atoms with Crippen LogP contribution in [-0.4, -0.2) is 18.1 Å². The van der Waals surface area contributed by atoms with Gasteiger partial charge in [-0.3, -0.25) is 0 Å². The van der Waals surface area contributed by atoms with Crippen molar-refractivity contribution in [2.45, 2.75) is 27.3 Å². The predicted octanol–water partition coefficient (Wildman–Crippen LogP) is 1.94. The van der Waals surface area contributed by atoms with Gasteiger partial charge in [-0.05, 0) is 24.8 Å². The summed E-state index contributed by atoms with van der Waals surface area (Å²) < 4.78 is 0. The molecule has 1 aromatic rings. The first-order chi connectivity index (χ1) is 7.61. The van der Waals surface area contributed by atoms with Gasteiger partial charge in [0.05, 0.1) is 0 Å². The van der Waals surface area contributed by atoms with Crippen molar-refractivity contribution >= 4 is 5.82 Å². The van der Waals surface area contributed by atoms with E-state index in [1.54, 1.807) is 0 Å². The fraction of sp³-hybridized carbons (Fsp3) is 0.615. The van der Waals surface area contributed by atoms with Crippen LogP contribution in [0.15, 0.2) is 12.1 Å². The Morgan fingerprint density at radius 2 is 1.94 bits per heavy atom. The highest BCUT2D eigenvalue weighted by atomic mass is 15.2. The smallest absolute Gasteiger partial charge is 0.133 e. The Balaban J connectivity index is 2.29. The van der Waals surface area contributed by atoms with Crippen molar-refractivity contribution in [1.29, 1.82) is 0 Å². The Labute approximate surface area is 97.7 Å². The molecule has 88 valence electrons. The van der Waals surface area contributed by atoms with Crippen molar-refractivity contribution in [3.05, 3.63) is 23.4 Å². The van der Waals surface area contributed by atoms with Gasteiger partial charge in [0.25, 0.3) is 0 Å². The van der Waals surface area contributed by atoms with E-state index >= 15 is 0 Å². The molecular formula is C13H21N3. The molecule has 2 rings (SSSR count). The Kier molecular flexibility index (Phi) is 3.15. The number of aromatic nitrogens is 1. The fourth-order valence-electron chi connectivity index (χ4n) is 2.31. The summed E-state index contributed by atoms with van der Waals surface area (Å²) in [5.41, 5.74) is 8.00. The molecule has 2 unspecified atom stereocenters. The maximum atomic E-state index is 5.77. The van der Waals surface area contributed by atoms with Crippen LogP contribution in [0.5, 0.6) is 0 Å². The molecule has 0 radical (unpaired) electrons. The first-order valence-corrected chi connectivity index (χ1v) is 6.03. The maximum Gasteiger partial charge on any atom is 0.133 e. The molecular weight excluding hydrogens is 198 g/mol. The van der Waals surface area contributed by atoms with Crippen molar-refractivity contribution in [2.75, 3.05) is 18.0 Å². The lowest BCUT2D eigenvalue weighted by molar-refractivity contribution is 0.494. The minimum absolute atomic E-state index is 0.571. The number of pyridine rings is 1. The highest BCUT2D eigenvalue weighted by Crippen LogP contribution is 2.28. The third-order valence-electron chi connectivity index (χ3n) is 3.60. The van der Waals surface area contributed by atoms with Crippen LogP contribution in [0, 0.1) is 18.8 Å². The standard InChI is InChI=1S/C13H21N3/c1-9-7-16(8-10(9)2)13-12(6-14)5-4-11(3)15-13/h4-5,9-10H,6-8,14H2,1-3H3. The van der Waals surface area contributed by atoms with E-state index in [2.05, 4.69) is 29.8 Å². The molecule has 2 heterocycles. The van der Waals surface area contributed by atoms with E-state index in [1.807, 2.05) is 13.0 Å². The van der Waals surface area contributed by atoms with E-state index in [-0.39, 0.29) is 0 Å². The Morgan fingerprint density at radius 1 is 1.31 bits per heavy atom. The third kappa shape index (κ3) is 2.05. The van der Waals surface area contributed by atoms with Crippen molar-refractivity contribution in [3.8, 4) is 0 Å². The Bertz CT molecular complexity index is 365. The van der Waals surface area contributed by atoms with Gasteiger partial charge in [0, 0.05) is 30.9 Å². The summed E-state index contributed by atoms with van der Waals surface area (Å²) in [4.78, 5) is 7.02. The summed E-state index contributed by atoms with van der Waals surface area (Å²) in [5, 5.41) is 0. The third-order valence-corrected chi connectivity index (χ3v) is 3.60. The number of rotatable bonds is 2. The summed E-state index contributed by atoms with van der Waals surface area (Å²) in [7, 11) is 0. The van der Waals surface area contributed by atoms with Gasteiger partial charge in [0.1, 0.15) is 5.82 Å². The molecule has 1 saturated heterocycles. The average molecular weight is 219 g/mol. The lowest BCUT2D eigenvalue weighted by atomic mass is 10.0. The van der Waals surface area contributed by atoms with Crippen LogP contribution in [0.1, 0.15) is 25.1 Å². The van der Waals surface area contributed by atoms with Crippen molar-refractivity contribution in [3.63, 3.8) is 0 Å². The highest BCUT2D eigenvalue weighted by Gasteiger charge is 2.27. The van der Waals surface area contributed by atoms with Gasteiger partial charge < -0.3 is 10.6 Å². The number of aryl methyl sites for hydroxylation is 1. The second-order valence-electron chi connectivity index (χ2n) is 5.00. The molecule has 2 N–H and O–H groups in total. The van der Waals surface area contributed by atoms with Crippen LogP contribution in [0.25, 0.3) is 0 Å². The predicted molar refractivity (Wildman–Crippen MR) is 67.4 cm³/mol. The van der Waals surface area contributed by atoms with E-state index in [9.17, 15) is 0 Å². The van der Waals surface area contributed by atoms with E-state index in [4.69, 9.17) is 5.73 Å². The zero-order valence-electron chi connectivity index (χ0n) is 10.4. The van der Waals surface area contributed by atoms with Gasteiger partial charge in [-0.15, -0.1) is 0 Å². The van der Waals surface area contributed by atoms with E-state index in [1.165, 1.54) is 0 Å². The zero-order chi connectivity index (χ0) is 11.7. The SMILES string of the molecule is Cc1ccc(CN)c(N2CC(C)C(C)C2)n1. The van der Waals surface area contributed by atoms with Gasteiger partial charge in [-0.2, -0.15) is 0 Å². The first kappa shape index (κ1) is 11.4. The summed E-state index contributed by atoms with van der Waals surface area (Å²) in [6, 6.07) is 4.14. The van der Waals surface area contributed by atoms with Crippen LogP contribution in [0.2, 0.25) is 0 Å². The molecule has 0 amide bonds. The molecule has 16 heavy (non-hydrogen) atoms. The molecule has 1 fully saturated rings. The number of nitrogens with zero attached hydrogens (tertiary/aromatic N) is 2. The van der Waals surface area contributed by atoms with Crippen LogP contribution in [-0.2, 0) is 6.54 Å². The van der Waals surface area contributed by atoms with Gasteiger partial charge in [-0.1, -0.05) is 19.9 Å². The van der Waals surface area contributed by atoms with Crippen LogP contribution >= 0.6 is 0 Å². The normalized spacial score (nSPS) is 25.1. The molecule has 0 aliphatic carbocycles. The number of hydrogen-bond donors (Lipinski definition) is 1. The minimum Gasteiger partial charge on any atom is -0.356 e. The number of hydrogen-bond acceptors (Lipinski definition) is 3. The van der Waals surface area contributed by atoms with Crippen molar-refractivity contribution < 1.29 is 0 Å². The second kappa shape index (κ2) is 4.42. The minimum atomic E-state index is 0.571. The molecule has 0 aromatic carbocycles. The van der Waals surface area contributed by atoms with Gasteiger partial charge in [0.15, 0.2) is 0 Å². The monoisotopic (exact) mass is 219 g/mol. The summed E-state index contributed by atoms with van der Waals surface area (Å²) in [6.45, 7) is 9.43. The molecule has 0 saturated carbocycles. The molecule has 1 aromatic heterocycles. The molecule has 3 nitrogen and oxygen atoms in total. The number of anilines is 1. The van der Waals surface area contributed by atoms with Crippen LogP contribution in [0.3, 0.4) is 0 Å². The quantitative estimate of drug-likeness (QED) is 0.826. The lowest BCUT2D eigenvalue weighted by Gasteiger charge is -2.20. The summed E-state index contributed by atoms with van der Waals surface area (Å²) in [6.07, 6.45) is 0. The van der Waals surface area contributed by atoms with Gasteiger partial charge >= 0.3 is 0 Å². The van der Waals surface area contributed by atoms with Gasteiger partial charge in [-0.25, -0.2) is 4.98 Å². The van der Waals surface area contributed by atoms with E-state index in [0.29, 0.717) is 6.54 Å². The first-order valence-electron chi connectivity index (χ1n) is 6.03. The van der Waals surface area contributed by atoms with Gasteiger partial charge in [0.2, 0.25) is 0 Å². The Hall–Kier alpha value is -1.09. The largest absolute Gasteiger partial charge is 0.356 e. The van der Waals surface area contributed by atoms with Crippen molar-refractivity contribution in [2.24, 2.45) is 17.6 Å². The van der Waals surface area contributed by atoms with E-state index < -0.39 is 0 Å². The maximum absolute atomic E-state index is 5.77. The second-order valence-corrected chi connectivity index (χ2v) is 5.00. The van der Waals surface area contributed by atoms with Crippen molar-refractivity contribution in [1.82, 2.24) is 4.98 Å². The zero-order valence-corrected chi connectivity index (χ0v) is 10.4. The number of nitrogens with two attached hydrogens (primary N) is 1. The summed E-state index contributed by atoms with van der Waals surface area (Å²) in [5.74, 6) is 2.58. The highest BCUT2D eigenvalue weighted by molar-refractivity contribution is 5.48. The molecule has 1 aliphatic rings. The molecule has 1 aliphatic heterocycles. The average Bonchev–Trinajstić information content (AvgIpc) is 2.59. The molecule has 0 spiro atoms.